The van der Waals surface area contributed by atoms with E-state index in [1.807, 2.05) is 66.7 Å². The minimum absolute atomic E-state index is 0.703. The molecular weight excluding hydrogens is 316 g/mol. The van der Waals surface area contributed by atoms with Crippen molar-refractivity contribution in [2.24, 2.45) is 0 Å². The zero-order chi connectivity index (χ0) is 17.8. The van der Waals surface area contributed by atoms with Gasteiger partial charge in [-0.2, -0.15) is 0 Å². The predicted octanol–water partition coefficient (Wildman–Crippen LogP) is 6.50. The molecule has 0 aliphatic rings. The molecule has 1 nitrogen and oxygen atoms in total. The lowest BCUT2D eigenvalue weighted by Crippen LogP contribution is -1.95. The SMILES string of the molecule is O=Cc1ccc(-c2ccccc2)c(-c2ccccc2)c1-c1ccccc1. The third-order valence-corrected chi connectivity index (χ3v) is 4.57. The Morgan fingerprint density at radius 1 is 0.462 bits per heavy atom. The molecule has 0 spiro atoms. The maximum Gasteiger partial charge on any atom is 0.150 e. The maximum absolute atomic E-state index is 11.8. The lowest BCUT2D eigenvalue weighted by Gasteiger charge is -2.18. The molecular formula is C25H18O. The van der Waals surface area contributed by atoms with Crippen molar-refractivity contribution in [1.29, 1.82) is 0 Å². The number of hydrogen-bond acceptors (Lipinski definition) is 1. The van der Waals surface area contributed by atoms with Crippen LogP contribution in [0.2, 0.25) is 0 Å². The van der Waals surface area contributed by atoms with E-state index < -0.39 is 0 Å². The molecule has 0 radical (unpaired) electrons. The first kappa shape index (κ1) is 16.0. The summed E-state index contributed by atoms with van der Waals surface area (Å²) >= 11 is 0. The molecule has 1 heteroatoms. The van der Waals surface area contributed by atoms with Crippen LogP contribution < -0.4 is 0 Å². The van der Waals surface area contributed by atoms with Crippen molar-refractivity contribution in [2.75, 3.05) is 0 Å². The molecule has 0 aliphatic heterocycles. The van der Waals surface area contributed by atoms with Crippen molar-refractivity contribution in [3.8, 4) is 33.4 Å². The first-order valence-electron chi connectivity index (χ1n) is 8.67. The topological polar surface area (TPSA) is 17.1 Å². The number of rotatable bonds is 4. The predicted molar refractivity (Wildman–Crippen MR) is 108 cm³/mol. The molecule has 0 aromatic heterocycles. The van der Waals surface area contributed by atoms with Crippen LogP contribution in [0.25, 0.3) is 33.4 Å². The molecule has 0 bridgehead atoms. The minimum Gasteiger partial charge on any atom is -0.298 e. The minimum atomic E-state index is 0.703. The van der Waals surface area contributed by atoms with Crippen LogP contribution in [0.15, 0.2) is 103 Å². The normalized spacial score (nSPS) is 10.5. The summed E-state index contributed by atoms with van der Waals surface area (Å²) in [4.78, 5) is 11.8. The molecule has 0 fully saturated rings. The van der Waals surface area contributed by atoms with Crippen LogP contribution >= 0.6 is 0 Å². The largest absolute Gasteiger partial charge is 0.298 e. The Labute approximate surface area is 153 Å². The monoisotopic (exact) mass is 334 g/mol. The third kappa shape index (κ3) is 2.96. The lowest BCUT2D eigenvalue weighted by molar-refractivity contribution is 0.112. The van der Waals surface area contributed by atoms with E-state index in [0.29, 0.717) is 5.56 Å². The van der Waals surface area contributed by atoms with Gasteiger partial charge in [0.15, 0.2) is 6.29 Å². The van der Waals surface area contributed by atoms with Gasteiger partial charge in [-0.1, -0.05) is 103 Å². The number of hydrogen-bond donors (Lipinski definition) is 0. The summed E-state index contributed by atoms with van der Waals surface area (Å²) < 4.78 is 0. The third-order valence-electron chi connectivity index (χ3n) is 4.57. The Bertz CT molecular complexity index is 1020. The molecule has 4 aromatic rings. The standard InChI is InChI=1S/C25H18O/c26-18-22-16-17-23(19-10-4-1-5-11-19)25(21-14-8-3-9-15-21)24(22)20-12-6-2-7-13-20/h1-18H. The summed E-state index contributed by atoms with van der Waals surface area (Å²) in [6.07, 6.45) is 0.948. The van der Waals surface area contributed by atoms with Crippen molar-refractivity contribution in [3.05, 3.63) is 109 Å². The quantitative estimate of drug-likeness (QED) is 0.389. The summed E-state index contributed by atoms with van der Waals surface area (Å²) in [7, 11) is 0. The van der Waals surface area contributed by atoms with Gasteiger partial charge >= 0.3 is 0 Å². The van der Waals surface area contributed by atoms with E-state index in [1.165, 1.54) is 0 Å². The van der Waals surface area contributed by atoms with Gasteiger partial charge in [0, 0.05) is 11.1 Å². The van der Waals surface area contributed by atoms with E-state index in [2.05, 4.69) is 36.4 Å². The van der Waals surface area contributed by atoms with Crippen molar-refractivity contribution in [1.82, 2.24) is 0 Å². The van der Waals surface area contributed by atoms with Crippen LogP contribution in [0.1, 0.15) is 10.4 Å². The van der Waals surface area contributed by atoms with Crippen molar-refractivity contribution in [2.45, 2.75) is 0 Å². The van der Waals surface area contributed by atoms with Crippen molar-refractivity contribution < 1.29 is 4.79 Å². The Balaban J connectivity index is 2.11. The Morgan fingerprint density at radius 2 is 0.923 bits per heavy atom. The van der Waals surface area contributed by atoms with Crippen molar-refractivity contribution >= 4 is 6.29 Å². The second-order valence-corrected chi connectivity index (χ2v) is 6.17. The second-order valence-electron chi connectivity index (χ2n) is 6.17. The first-order valence-corrected chi connectivity index (χ1v) is 8.67. The van der Waals surface area contributed by atoms with E-state index in [1.54, 1.807) is 0 Å². The van der Waals surface area contributed by atoms with Crippen LogP contribution in [-0.2, 0) is 0 Å². The molecule has 0 atom stereocenters. The molecule has 4 rings (SSSR count). The van der Waals surface area contributed by atoms with Crippen LogP contribution in [0.3, 0.4) is 0 Å². The highest BCUT2D eigenvalue weighted by molar-refractivity contribution is 6.01. The second kappa shape index (κ2) is 7.20. The van der Waals surface area contributed by atoms with E-state index in [0.717, 1.165) is 39.7 Å². The van der Waals surface area contributed by atoms with E-state index in [4.69, 9.17) is 0 Å². The smallest absolute Gasteiger partial charge is 0.150 e. The fourth-order valence-corrected chi connectivity index (χ4v) is 3.40. The highest BCUT2D eigenvalue weighted by Crippen LogP contribution is 2.41. The Morgan fingerprint density at radius 3 is 1.42 bits per heavy atom. The van der Waals surface area contributed by atoms with Crippen LogP contribution in [0.5, 0.6) is 0 Å². The molecule has 0 aliphatic carbocycles. The van der Waals surface area contributed by atoms with Gasteiger partial charge in [-0.25, -0.2) is 0 Å². The molecule has 0 amide bonds. The summed E-state index contributed by atoms with van der Waals surface area (Å²) in [6.45, 7) is 0. The highest BCUT2D eigenvalue weighted by atomic mass is 16.1. The first-order chi connectivity index (χ1) is 12.9. The Kier molecular flexibility index (Phi) is 4.44. The molecule has 0 unspecified atom stereocenters. The van der Waals surface area contributed by atoms with Gasteiger partial charge in [-0.05, 0) is 27.8 Å². The van der Waals surface area contributed by atoms with Gasteiger partial charge in [-0.15, -0.1) is 0 Å². The molecule has 124 valence electrons. The summed E-state index contributed by atoms with van der Waals surface area (Å²) in [5.41, 5.74) is 7.19. The van der Waals surface area contributed by atoms with E-state index in [9.17, 15) is 4.79 Å². The van der Waals surface area contributed by atoms with Gasteiger partial charge in [-0.3, -0.25) is 4.79 Å². The van der Waals surface area contributed by atoms with Gasteiger partial charge in [0.05, 0.1) is 0 Å². The maximum atomic E-state index is 11.8. The molecule has 0 saturated carbocycles. The molecule has 26 heavy (non-hydrogen) atoms. The van der Waals surface area contributed by atoms with Gasteiger partial charge in [0.25, 0.3) is 0 Å². The molecule has 0 saturated heterocycles. The number of carbonyl (C=O) groups excluding carboxylic acids is 1. The zero-order valence-corrected chi connectivity index (χ0v) is 14.3. The molecule has 0 N–H and O–H groups in total. The summed E-state index contributed by atoms with van der Waals surface area (Å²) in [6, 6.07) is 34.7. The highest BCUT2D eigenvalue weighted by Gasteiger charge is 2.17. The number of benzene rings is 4. The average molecular weight is 334 g/mol. The van der Waals surface area contributed by atoms with Crippen molar-refractivity contribution in [3.63, 3.8) is 0 Å². The zero-order valence-electron chi connectivity index (χ0n) is 14.3. The Hall–Kier alpha value is -3.45. The average Bonchev–Trinajstić information content (AvgIpc) is 2.74. The summed E-state index contributed by atoms with van der Waals surface area (Å²) in [5, 5.41) is 0. The van der Waals surface area contributed by atoms with Crippen LogP contribution in [0.4, 0.5) is 0 Å². The number of carbonyl (C=O) groups is 1. The van der Waals surface area contributed by atoms with Gasteiger partial charge < -0.3 is 0 Å². The fraction of sp³-hybridized carbons (Fsp3) is 0. The van der Waals surface area contributed by atoms with Gasteiger partial charge in [0.1, 0.15) is 0 Å². The van der Waals surface area contributed by atoms with Crippen LogP contribution in [0, 0.1) is 0 Å². The summed E-state index contributed by atoms with van der Waals surface area (Å²) in [5.74, 6) is 0. The lowest BCUT2D eigenvalue weighted by atomic mass is 9.85. The van der Waals surface area contributed by atoms with E-state index >= 15 is 0 Å². The van der Waals surface area contributed by atoms with E-state index in [-0.39, 0.29) is 0 Å². The van der Waals surface area contributed by atoms with Gasteiger partial charge in [0.2, 0.25) is 0 Å². The fourth-order valence-electron chi connectivity index (χ4n) is 3.40. The molecule has 4 aromatic carbocycles. The number of aldehydes is 1. The van der Waals surface area contributed by atoms with Crippen LogP contribution in [-0.4, -0.2) is 6.29 Å². The molecule has 0 heterocycles.